The van der Waals surface area contributed by atoms with E-state index in [0.29, 0.717) is 31.3 Å². The van der Waals surface area contributed by atoms with Gasteiger partial charge in [-0.1, -0.05) is 6.92 Å². The molecule has 0 aromatic carbocycles. The summed E-state index contributed by atoms with van der Waals surface area (Å²) < 4.78 is 0. The molecule has 1 aromatic heterocycles. The number of carbonyl (C=O) groups is 2. The monoisotopic (exact) mass is 277 g/mol. The molecule has 2 N–H and O–H groups in total. The normalized spacial score (nSPS) is 15.9. The summed E-state index contributed by atoms with van der Waals surface area (Å²) in [6, 6.07) is 1.66. The van der Waals surface area contributed by atoms with Crippen molar-refractivity contribution in [2.45, 2.75) is 26.8 Å². The van der Waals surface area contributed by atoms with Gasteiger partial charge in [-0.25, -0.2) is 9.97 Å². The number of piperazine rings is 1. The molecule has 7 heteroatoms. The molecular formula is C13H19N5O2. The first-order chi connectivity index (χ1) is 9.51. The summed E-state index contributed by atoms with van der Waals surface area (Å²) in [7, 11) is 0. The highest BCUT2D eigenvalue weighted by Crippen LogP contribution is 2.10. The molecule has 7 nitrogen and oxygen atoms in total. The second-order valence-corrected chi connectivity index (χ2v) is 4.87. The van der Waals surface area contributed by atoms with Crippen LogP contribution in [0.5, 0.6) is 0 Å². The first-order valence-corrected chi connectivity index (χ1v) is 6.69. The Morgan fingerprint density at radius 3 is 2.50 bits per heavy atom. The summed E-state index contributed by atoms with van der Waals surface area (Å²) in [6.45, 7) is 5.69. The van der Waals surface area contributed by atoms with E-state index in [2.05, 4.69) is 9.97 Å². The van der Waals surface area contributed by atoms with E-state index in [1.807, 2.05) is 13.8 Å². The van der Waals surface area contributed by atoms with E-state index in [1.54, 1.807) is 11.0 Å². The summed E-state index contributed by atoms with van der Waals surface area (Å²) >= 11 is 0. The summed E-state index contributed by atoms with van der Waals surface area (Å²) in [4.78, 5) is 35.3. The molecule has 0 bridgehead atoms. The maximum absolute atomic E-state index is 12.0. The van der Waals surface area contributed by atoms with Crippen molar-refractivity contribution in [3.63, 3.8) is 0 Å². The Labute approximate surface area is 117 Å². The van der Waals surface area contributed by atoms with Gasteiger partial charge in [0, 0.05) is 31.4 Å². The van der Waals surface area contributed by atoms with Crippen LogP contribution in [0.4, 0.5) is 5.82 Å². The van der Waals surface area contributed by atoms with E-state index < -0.39 is 11.8 Å². The summed E-state index contributed by atoms with van der Waals surface area (Å²) in [5.41, 5.74) is 6.40. The molecule has 1 aliphatic heterocycles. The fourth-order valence-corrected chi connectivity index (χ4v) is 2.25. The predicted molar refractivity (Wildman–Crippen MR) is 73.5 cm³/mol. The van der Waals surface area contributed by atoms with Crippen LogP contribution in [0.15, 0.2) is 6.07 Å². The highest BCUT2D eigenvalue weighted by molar-refractivity contribution is 6.35. The first-order valence-electron chi connectivity index (χ1n) is 6.69. The van der Waals surface area contributed by atoms with Gasteiger partial charge < -0.3 is 15.5 Å². The van der Waals surface area contributed by atoms with Crippen molar-refractivity contribution in [3.8, 4) is 0 Å². The number of aryl methyl sites for hydroxylation is 1. The van der Waals surface area contributed by atoms with Gasteiger partial charge in [0.05, 0.1) is 6.54 Å². The summed E-state index contributed by atoms with van der Waals surface area (Å²) in [5, 5.41) is 0. The first kappa shape index (κ1) is 14.2. The second kappa shape index (κ2) is 5.85. The topological polar surface area (TPSA) is 92.4 Å². The van der Waals surface area contributed by atoms with Crippen molar-refractivity contribution in [2.24, 2.45) is 0 Å². The highest BCUT2D eigenvalue weighted by Gasteiger charge is 2.32. The maximum Gasteiger partial charge on any atom is 0.312 e. The van der Waals surface area contributed by atoms with Crippen LogP contribution in [-0.4, -0.2) is 51.2 Å². The third kappa shape index (κ3) is 3.04. The standard InChI is InChI=1S/C13H19N5O2/c1-3-4-17-5-6-18(13(20)12(17)19)8-11-15-9(2)7-10(14)16-11/h7H,3-6,8H2,1-2H3,(H2,14,15,16). The van der Waals surface area contributed by atoms with Gasteiger partial charge in [0.2, 0.25) is 0 Å². The zero-order valence-corrected chi connectivity index (χ0v) is 11.8. The van der Waals surface area contributed by atoms with Crippen molar-refractivity contribution in [2.75, 3.05) is 25.4 Å². The lowest BCUT2D eigenvalue weighted by molar-refractivity contribution is -0.156. The molecule has 2 amide bonds. The lowest BCUT2D eigenvalue weighted by Crippen LogP contribution is -2.54. The van der Waals surface area contributed by atoms with Gasteiger partial charge in [-0.15, -0.1) is 0 Å². The van der Waals surface area contributed by atoms with Crippen molar-refractivity contribution < 1.29 is 9.59 Å². The summed E-state index contributed by atoms with van der Waals surface area (Å²) in [5.74, 6) is -0.101. The van der Waals surface area contributed by atoms with Gasteiger partial charge in [-0.2, -0.15) is 0 Å². The van der Waals surface area contributed by atoms with Crippen LogP contribution < -0.4 is 5.73 Å². The number of nitrogen functional groups attached to an aromatic ring is 1. The van der Waals surface area contributed by atoms with E-state index in [4.69, 9.17) is 5.73 Å². The number of nitrogens with two attached hydrogens (primary N) is 1. The molecule has 2 heterocycles. The molecule has 0 unspecified atom stereocenters. The maximum atomic E-state index is 12.0. The average Bonchev–Trinajstić information content (AvgIpc) is 2.37. The SMILES string of the molecule is CCCN1CCN(Cc2nc(C)cc(N)n2)C(=O)C1=O. The van der Waals surface area contributed by atoms with Crippen molar-refractivity contribution in [1.82, 2.24) is 19.8 Å². The Hall–Kier alpha value is -2.18. The Morgan fingerprint density at radius 2 is 1.85 bits per heavy atom. The molecule has 0 saturated carbocycles. The Balaban J connectivity index is 2.07. The zero-order valence-electron chi connectivity index (χ0n) is 11.8. The number of rotatable bonds is 4. The van der Waals surface area contributed by atoms with Crippen molar-refractivity contribution in [3.05, 3.63) is 17.6 Å². The van der Waals surface area contributed by atoms with E-state index >= 15 is 0 Å². The van der Waals surface area contributed by atoms with Gasteiger partial charge in [0.15, 0.2) is 0 Å². The van der Waals surface area contributed by atoms with Gasteiger partial charge in [0.25, 0.3) is 0 Å². The molecule has 20 heavy (non-hydrogen) atoms. The number of anilines is 1. The van der Waals surface area contributed by atoms with Crippen LogP contribution in [0, 0.1) is 6.92 Å². The minimum absolute atomic E-state index is 0.219. The fraction of sp³-hybridized carbons (Fsp3) is 0.538. The number of aromatic nitrogens is 2. The molecule has 1 fully saturated rings. The van der Waals surface area contributed by atoms with Crippen molar-refractivity contribution >= 4 is 17.6 Å². The van der Waals surface area contributed by atoms with Gasteiger partial charge in [-0.3, -0.25) is 9.59 Å². The molecular weight excluding hydrogens is 258 g/mol. The fourth-order valence-electron chi connectivity index (χ4n) is 2.25. The van der Waals surface area contributed by atoms with E-state index in [-0.39, 0.29) is 6.54 Å². The number of nitrogens with zero attached hydrogens (tertiary/aromatic N) is 4. The van der Waals surface area contributed by atoms with Crippen molar-refractivity contribution in [1.29, 1.82) is 0 Å². The third-order valence-electron chi connectivity index (χ3n) is 3.14. The molecule has 0 radical (unpaired) electrons. The largest absolute Gasteiger partial charge is 0.384 e. The van der Waals surface area contributed by atoms with Gasteiger partial charge in [0.1, 0.15) is 11.6 Å². The van der Waals surface area contributed by atoms with Crippen LogP contribution in [0.3, 0.4) is 0 Å². The van der Waals surface area contributed by atoms with Crippen LogP contribution in [-0.2, 0) is 16.1 Å². The van der Waals surface area contributed by atoms with Gasteiger partial charge in [-0.05, 0) is 13.3 Å². The van der Waals surface area contributed by atoms with E-state index in [9.17, 15) is 9.59 Å². The lowest BCUT2D eigenvalue weighted by atomic mass is 10.2. The molecule has 2 rings (SSSR count). The lowest BCUT2D eigenvalue weighted by Gasteiger charge is -2.33. The number of amides is 2. The van der Waals surface area contributed by atoms with Gasteiger partial charge >= 0.3 is 11.8 Å². The number of carbonyl (C=O) groups excluding carboxylic acids is 2. The Morgan fingerprint density at radius 1 is 1.20 bits per heavy atom. The van der Waals surface area contributed by atoms with Crippen LogP contribution in [0.2, 0.25) is 0 Å². The number of hydrogen-bond acceptors (Lipinski definition) is 5. The van der Waals surface area contributed by atoms with Crippen LogP contribution in [0.1, 0.15) is 24.9 Å². The molecule has 1 aliphatic rings. The molecule has 0 aliphatic carbocycles. The number of hydrogen-bond donors (Lipinski definition) is 1. The van der Waals surface area contributed by atoms with Crippen LogP contribution in [0.25, 0.3) is 0 Å². The molecule has 0 atom stereocenters. The second-order valence-electron chi connectivity index (χ2n) is 4.87. The third-order valence-corrected chi connectivity index (χ3v) is 3.14. The minimum atomic E-state index is -0.492. The molecule has 0 spiro atoms. The summed E-state index contributed by atoms with van der Waals surface area (Å²) in [6.07, 6.45) is 0.844. The smallest absolute Gasteiger partial charge is 0.312 e. The Kier molecular flexibility index (Phi) is 4.16. The molecule has 108 valence electrons. The average molecular weight is 277 g/mol. The quantitative estimate of drug-likeness (QED) is 0.779. The highest BCUT2D eigenvalue weighted by atomic mass is 16.2. The van der Waals surface area contributed by atoms with Crippen LogP contribution >= 0.6 is 0 Å². The zero-order chi connectivity index (χ0) is 14.7. The predicted octanol–water partition coefficient (Wildman–Crippen LogP) is -0.0520. The Bertz CT molecular complexity index is 511. The minimum Gasteiger partial charge on any atom is -0.384 e. The van der Waals surface area contributed by atoms with E-state index in [0.717, 1.165) is 12.1 Å². The van der Waals surface area contributed by atoms with E-state index in [1.165, 1.54) is 4.90 Å². The molecule has 1 aromatic rings. The molecule has 1 saturated heterocycles.